The molecule has 138 valence electrons. The Morgan fingerprint density at radius 2 is 2.04 bits per heavy atom. The van der Waals surface area contributed by atoms with Gasteiger partial charge in [-0.25, -0.2) is 9.97 Å². The average molecular weight is 382 g/mol. The molecule has 4 heterocycles. The maximum absolute atomic E-state index is 12.7. The van der Waals surface area contributed by atoms with E-state index in [9.17, 15) is 4.79 Å². The van der Waals surface area contributed by atoms with Crippen LogP contribution in [0, 0.1) is 6.92 Å². The second kappa shape index (κ2) is 7.32. The molecule has 0 radical (unpaired) electrons. The summed E-state index contributed by atoms with van der Waals surface area (Å²) in [6.45, 7) is 4.77. The molecule has 1 atom stereocenters. The van der Waals surface area contributed by atoms with E-state index < -0.39 is 0 Å². The van der Waals surface area contributed by atoms with E-state index in [0.29, 0.717) is 35.4 Å². The lowest BCUT2D eigenvalue weighted by atomic mass is 10.1. The van der Waals surface area contributed by atoms with E-state index in [4.69, 9.17) is 9.47 Å². The van der Waals surface area contributed by atoms with E-state index in [1.807, 2.05) is 26.0 Å². The van der Waals surface area contributed by atoms with Crippen LogP contribution in [-0.2, 0) is 0 Å². The average Bonchev–Trinajstić information content (AvgIpc) is 3.12. The molecule has 27 heavy (non-hydrogen) atoms. The highest BCUT2D eigenvalue weighted by Gasteiger charge is 2.25. The fourth-order valence-electron chi connectivity index (χ4n) is 2.90. The number of thiophene rings is 1. The van der Waals surface area contributed by atoms with Crippen LogP contribution in [0.15, 0.2) is 36.1 Å². The van der Waals surface area contributed by atoms with E-state index in [1.165, 1.54) is 11.3 Å². The van der Waals surface area contributed by atoms with Gasteiger partial charge in [-0.05, 0) is 26.0 Å². The number of ether oxygens (including phenoxy) is 2. The van der Waals surface area contributed by atoms with E-state index >= 15 is 0 Å². The Hall–Kier alpha value is -3.00. The number of hydrogen-bond acceptors (Lipinski definition) is 7. The zero-order valence-corrected chi connectivity index (χ0v) is 15.7. The van der Waals surface area contributed by atoms with E-state index in [-0.39, 0.29) is 11.9 Å². The van der Waals surface area contributed by atoms with Gasteiger partial charge < -0.3 is 14.8 Å². The van der Waals surface area contributed by atoms with Crippen molar-refractivity contribution in [2.24, 2.45) is 0 Å². The van der Waals surface area contributed by atoms with E-state index in [1.54, 1.807) is 24.0 Å². The fraction of sp³-hybridized carbons (Fsp3) is 0.263. The van der Waals surface area contributed by atoms with Crippen LogP contribution in [0.4, 0.5) is 0 Å². The summed E-state index contributed by atoms with van der Waals surface area (Å²) in [6, 6.07) is 3.48. The predicted octanol–water partition coefficient (Wildman–Crippen LogP) is 3.17. The number of nitrogens with one attached hydrogen (secondary N) is 1. The quantitative estimate of drug-likeness (QED) is 0.746. The Bertz CT molecular complexity index is 974. The predicted molar refractivity (Wildman–Crippen MR) is 101 cm³/mol. The number of rotatable bonds is 4. The standard InChI is InChI=1S/C19H18N4O3S/c1-11-14(9-21-18(22-11)13-3-5-20-6-4-13)12(2)23-19(24)17-16-15(10-27-17)25-7-8-26-16/h3-6,9-10,12H,7-8H2,1-2H3,(H,23,24)/t12-/m0/s1. The van der Waals surface area contributed by atoms with Crippen LogP contribution in [0.3, 0.4) is 0 Å². The third kappa shape index (κ3) is 3.48. The highest BCUT2D eigenvalue weighted by Crippen LogP contribution is 2.39. The van der Waals surface area contributed by atoms with Crippen LogP contribution >= 0.6 is 11.3 Å². The first kappa shape index (κ1) is 17.4. The summed E-state index contributed by atoms with van der Waals surface area (Å²) in [6.07, 6.45) is 5.17. The molecule has 3 aromatic heterocycles. The summed E-state index contributed by atoms with van der Waals surface area (Å²) in [5, 5.41) is 4.79. The van der Waals surface area contributed by atoms with Crippen molar-refractivity contribution in [2.45, 2.75) is 19.9 Å². The molecule has 1 aliphatic rings. The number of aryl methyl sites for hydroxylation is 1. The minimum Gasteiger partial charge on any atom is -0.485 e. The van der Waals surface area contributed by atoms with Gasteiger partial charge >= 0.3 is 0 Å². The Morgan fingerprint density at radius 1 is 1.26 bits per heavy atom. The van der Waals surface area contributed by atoms with Crippen LogP contribution in [0.25, 0.3) is 11.4 Å². The normalized spacial score (nSPS) is 13.9. The molecular formula is C19H18N4O3S. The molecule has 0 fully saturated rings. The molecule has 0 saturated heterocycles. The number of nitrogens with zero attached hydrogens (tertiary/aromatic N) is 3. The van der Waals surface area contributed by atoms with Gasteiger partial charge in [0.25, 0.3) is 5.91 Å². The van der Waals surface area contributed by atoms with Crippen molar-refractivity contribution in [3.63, 3.8) is 0 Å². The van der Waals surface area contributed by atoms with Gasteiger partial charge in [-0.1, -0.05) is 0 Å². The van der Waals surface area contributed by atoms with Gasteiger partial charge in [0.15, 0.2) is 17.3 Å². The summed E-state index contributed by atoms with van der Waals surface area (Å²) in [4.78, 5) is 26.2. The van der Waals surface area contributed by atoms with E-state index in [2.05, 4.69) is 20.3 Å². The highest BCUT2D eigenvalue weighted by atomic mass is 32.1. The lowest BCUT2D eigenvalue weighted by Gasteiger charge is -2.18. The van der Waals surface area contributed by atoms with Gasteiger partial charge in [-0.15, -0.1) is 11.3 Å². The van der Waals surface area contributed by atoms with Gasteiger partial charge in [-0.2, -0.15) is 0 Å². The second-order valence-corrected chi connectivity index (χ2v) is 7.00. The molecule has 8 heteroatoms. The Labute approximate surface area is 160 Å². The van der Waals surface area contributed by atoms with Crippen molar-refractivity contribution >= 4 is 17.2 Å². The molecule has 0 aliphatic carbocycles. The molecule has 0 aromatic carbocycles. The number of carbonyl (C=O) groups excluding carboxylic acids is 1. The summed E-state index contributed by atoms with van der Waals surface area (Å²) < 4.78 is 11.1. The van der Waals surface area contributed by atoms with Crippen molar-refractivity contribution in [1.82, 2.24) is 20.3 Å². The summed E-state index contributed by atoms with van der Waals surface area (Å²) in [5.74, 6) is 1.59. The number of aromatic nitrogens is 3. The van der Waals surface area contributed by atoms with Crippen molar-refractivity contribution in [2.75, 3.05) is 13.2 Å². The van der Waals surface area contributed by atoms with Gasteiger partial charge in [0, 0.05) is 40.8 Å². The lowest BCUT2D eigenvalue weighted by Crippen LogP contribution is -2.27. The molecule has 0 saturated carbocycles. The van der Waals surface area contributed by atoms with Crippen molar-refractivity contribution in [3.8, 4) is 22.9 Å². The maximum Gasteiger partial charge on any atom is 0.265 e. The van der Waals surface area contributed by atoms with Gasteiger partial charge in [0.2, 0.25) is 0 Å². The molecular weight excluding hydrogens is 364 g/mol. The number of amides is 1. The van der Waals surface area contributed by atoms with E-state index in [0.717, 1.165) is 16.8 Å². The molecule has 0 spiro atoms. The van der Waals surface area contributed by atoms with Crippen molar-refractivity contribution < 1.29 is 14.3 Å². The zero-order chi connectivity index (χ0) is 18.8. The van der Waals surface area contributed by atoms with Gasteiger partial charge in [-0.3, -0.25) is 9.78 Å². The maximum atomic E-state index is 12.7. The van der Waals surface area contributed by atoms with Crippen LogP contribution < -0.4 is 14.8 Å². The van der Waals surface area contributed by atoms with Gasteiger partial charge in [0.05, 0.1) is 6.04 Å². The number of carbonyl (C=O) groups is 1. The SMILES string of the molecule is Cc1nc(-c2ccncc2)ncc1[C@H](C)NC(=O)c1scc2c1OCCO2. The number of hydrogen-bond donors (Lipinski definition) is 1. The van der Waals surface area contributed by atoms with Crippen molar-refractivity contribution in [1.29, 1.82) is 0 Å². The zero-order valence-electron chi connectivity index (χ0n) is 14.9. The molecule has 0 bridgehead atoms. The minimum absolute atomic E-state index is 0.197. The first-order chi connectivity index (χ1) is 13.1. The molecule has 7 nitrogen and oxygen atoms in total. The van der Waals surface area contributed by atoms with Crippen molar-refractivity contribution in [3.05, 3.63) is 52.2 Å². The Balaban J connectivity index is 1.52. The third-order valence-electron chi connectivity index (χ3n) is 4.28. The molecule has 3 aromatic rings. The second-order valence-electron chi connectivity index (χ2n) is 6.12. The third-order valence-corrected chi connectivity index (χ3v) is 5.22. The fourth-order valence-corrected chi connectivity index (χ4v) is 3.73. The summed E-state index contributed by atoms with van der Waals surface area (Å²) in [7, 11) is 0. The first-order valence-corrected chi connectivity index (χ1v) is 9.43. The first-order valence-electron chi connectivity index (χ1n) is 8.55. The summed E-state index contributed by atoms with van der Waals surface area (Å²) >= 11 is 1.32. The molecule has 0 unspecified atom stereocenters. The monoisotopic (exact) mass is 382 g/mol. The van der Waals surface area contributed by atoms with Crippen LogP contribution in [-0.4, -0.2) is 34.1 Å². The Kier molecular flexibility index (Phi) is 4.72. The number of fused-ring (bicyclic) bond motifs is 1. The summed E-state index contributed by atoms with van der Waals surface area (Å²) in [5.41, 5.74) is 2.58. The van der Waals surface area contributed by atoms with Gasteiger partial charge in [0.1, 0.15) is 18.1 Å². The minimum atomic E-state index is -0.244. The lowest BCUT2D eigenvalue weighted by molar-refractivity contribution is 0.0934. The highest BCUT2D eigenvalue weighted by molar-refractivity contribution is 7.12. The smallest absolute Gasteiger partial charge is 0.265 e. The Morgan fingerprint density at radius 3 is 2.81 bits per heavy atom. The van der Waals surface area contributed by atoms with Crippen LogP contribution in [0.1, 0.15) is 33.9 Å². The molecule has 1 aliphatic heterocycles. The van der Waals surface area contributed by atoms with Crippen LogP contribution in [0.5, 0.6) is 11.5 Å². The molecule has 1 amide bonds. The molecule has 1 N–H and O–H groups in total. The van der Waals surface area contributed by atoms with Crippen LogP contribution in [0.2, 0.25) is 0 Å². The molecule has 4 rings (SSSR count). The number of pyridine rings is 1. The topological polar surface area (TPSA) is 86.2 Å². The largest absolute Gasteiger partial charge is 0.485 e.